The highest BCUT2D eigenvalue weighted by atomic mass is 35.5. The Hall–Kier alpha value is -3.45. The third-order valence-corrected chi connectivity index (χ3v) is 4.23. The van der Waals surface area contributed by atoms with E-state index >= 15 is 0 Å². The van der Waals surface area contributed by atoms with Crippen LogP contribution < -0.4 is 10.1 Å². The molecule has 29 heavy (non-hydrogen) atoms. The number of methoxy groups -OCH3 is 1. The summed E-state index contributed by atoms with van der Waals surface area (Å²) in [5, 5.41) is 3.02. The molecule has 2 aromatic heterocycles. The van der Waals surface area contributed by atoms with Crippen LogP contribution in [0.5, 0.6) is 5.75 Å². The zero-order valence-electron chi connectivity index (χ0n) is 15.5. The maximum absolute atomic E-state index is 12.8. The number of esters is 1. The summed E-state index contributed by atoms with van der Waals surface area (Å²) in [4.78, 5) is 33.2. The fourth-order valence-electron chi connectivity index (χ4n) is 2.48. The monoisotopic (exact) mass is 411 g/mol. The van der Waals surface area contributed by atoms with E-state index in [2.05, 4.69) is 15.3 Å². The average Bonchev–Trinajstić information content (AvgIpc) is 2.77. The van der Waals surface area contributed by atoms with E-state index in [-0.39, 0.29) is 17.3 Å². The van der Waals surface area contributed by atoms with Gasteiger partial charge in [-0.1, -0.05) is 29.8 Å². The minimum absolute atomic E-state index is 0.179. The number of amides is 1. The number of rotatable bonds is 7. The molecule has 8 heteroatoms. The molecule has 1 N–H and O–H groups in total. The summed E-state index contributed by atoms with van der Waals surface area (Å²) >= 11 is 5.74. The van der Waals surface area contributed by atoms with E-state index in [1.807, 2.05) is 12.1 Å². The molecule has 3 aromatic rings. The Morgan fingerprint density at radius 1 is 1.07 bits per heavy atom. The van der Waals surface area contributed by atoms with Gasteiger partial charge in [0.25, 0.3) is 5.91 Å². The smallest absolute Gasteiger partial charge is 0.340 e. The lowest BCUT2D eigenvalue weighted by atomic mass is 10.2. The van der Waals surface area contributed by atoms with Gasteiger partial charge in [0.05, 0.1) is 18.4 Å². The van der Waals surface area contributed by atoms with Crippen molar-refractivity contribution in [1.29, 1.82) is 0 Å². The lowest BCUT2D eigenvalue weighted by Gasteiger charge is -2.17. The second-order valence-electron chi connectivity index (χ2n) is 5.98. The molecule has 1 aromatic carbocycles. The summed E-state index contributed by atoms with van der Waals surface area (Å²) < 4.78 is 10.6. The molecule has 7 nitrogen and oxygen atoms in total. The van der Waals surface area contributed by atoms with E-state index in [1.54, 1.807) is 37.4 Å². The van der Waals surface area contributed by atoms with E-state index in [9.17, 15) is 9.59 Å². The Balaban J connectivity index is 1.73. The quantitative estimate of drug-likeness (QED) is 0.473. The maximum atomic E-state index is 12.8. The predicted octanol–water partition coefficient (Wildman–Crippen LogP) is 3.35. The normalized spacial score (nSPS) is 11.4. The molecule has 2 heterocycles. The van der Waals surface area contributed by atoms with Gasteiger partial charge in [-0.2, -0.15) is 0 Å². The van der Waals surface area contributed by atoms with Gasteiger partial charge in [0, 0.05) is 18.9 Å². The van der Waals surface area contributed by atoms with Crippen molar-refractivity contribution >= 4 is 23.5 Å². The third kappa shape index (κ3) is 5.52. The SMILES string of the molecule is COc1ccc(CNC(=O)[C@H](OC(=O)c2ccc(Cl)nc2)c2ccccn2)cc1. The van der Waals surface area contributed by atoms with Crippen LogP contribution in [0.25, 0.3) is 0 Å². The summed E-state index contributed by atoms with van der Waals surface area (Å²) in [6, 6.07) is 15.2. The number of pyridine rings is 2. The van der Waals surface area contributed by atoms with Crippen LogP contribution in [0.15, 0.2) is 67.0 Å². The molecule has 3 rings (SSSR count). The number of halogens is 1. The van der Waals surface area contributed by atoms with Crippen LogP contribution in [0.2, 0.25) is 5.15 Å². The largest absolute Gasteiger partial charge is 0.497 e. The van der Waals surface area contributed by atoms with Gasteiger partial charge in [-0.05, 0) is 42.0 Å². The van der Waals surface area contributed by atoms with Crippen LogP contribution in [-0.4, -0.2) is 29.0 Å². The fraction of sp³-hybridized carbons (Fsp3) is 0.143. The topological polar surface area (TPSA) is 90.4 Å². The van der Waals surface area contributed by atoms with Crippen LogP contribution in [0, 0.1) is 0 Å². The Labute approximate surface area is 172 Å². The molecular weight excluding hydrogens is 394 g/mol. The molecule has 0 unspecified atom stereocenters. The van der Waals surface area contributed by atoms with Crippen molar-refractivity contribution in [1.82, 2.24) is 15.3 Å². The van der Waals surface area contributed by atoms with Gasteiger partial charge >= 0.3 is 5.97 Å². The van der Waals surface area contributed by atoms with E-state index in [0.717, 1.165) is 11.3 Å². The molecule has 0 aliphatic rings. The summed E-state index contributed by atoms with van der Waals surface area (Å²) in [5.74, 6) is -0.476. The van der Waals surface area contributed by atoms with Crippen LogP contribution >= 0.6 is 11.6 Å². The van der Waals surface area contributed by atoms with Crippen LogP contribution in [0.1, 0.15) is 27.7 Å². The van der Waals surface area contributed by atoms with Gasteiger partial charge in [0.1, 0.15) is 10.9 Å². The Bertz CT molecular complexity index is 963. The lowest BCUT2D eigenvalue weighted by Crippen LogP contribution is -2.32. The number of hydrogen-bond acceptors (Lipinski definition) is 6. The number of aromatic nitrogens is 2. The molecular formula is C21H18ClN3O4. The minimum Gasteiger partial charge on any atom is -0.497 e. The van der Waals surface area contributed by atoms with Crippen LogP contribution in [-0.2, 0) is 16.1 Å². The van der Waals surface area contributed by atoms with Crippen molar-refractivity contribution in [3.8, 4) is 5.75 Å². The molecule has 0 fully saturated rings. The fourth-order valence-corrected chi connectivity index (χ4v) is 2.59. The molecule has 0 saturated heterocycles. The first kappa shape index (κ1) is 20.3. The van der Waals surface area contributed by atoms with Crippen molar-refractivity contribution in [2.24, 2.45) is 0 Å². The zero-order chi connectivity index (χ0) is 20.6. The minimum atomic E-state index is -1.21. The lowest BCUT2D eigenvalue weighted by molar-refractivity contribution is -0.130. The molecule has 0 aliphatic carbocycles. The standard InChI is InChI=1S/C21H18ClN3O4/c1-28-16-8-5-14(6-9-16)12-25-20(26)19(17-4-2-3-11-23-17)29-21(27)15-7-10-18(22)24-13-15/h2-11,13,19H,12H2,1H3,(H,25,26)/t19-/m1/s1. The predicted molar refractivity (Wildman–Crippen MR) is 106 cm³/mol. The van der Waals surface area contributed by atoms with Crippen molar-refractivity contribution in [2.75, 3.05) is 7.11 Å². The summed E-state index contributed by atoms with van der Waals surface area (Å²) in [6.07, 6.45) is 1.60. The van der Waals surface area contributed by atoms with Crippen molar-refractivity contribution in [2.45, 2.75) is 12.6 Å². The molecule has 0 saturated carbocycles. The van der Waals surface area contributed by atoms with Crippen LogP contribution in [0.3, 0.4) is 0 Å². The highest BCUT2D eigenvalue weighted by Crippen LogP contribution is 2.19. The van der Waals surface area contributed by atoms with Gasteiger partial charge in [-0.15, -0.1) is 0 Å². The Morgan fingerprint density at radius 2 is 1.86 bits per heavy atom. The maximum Gasteiger partial charge on any atom is 0.340 e. The van der Waals surface area contributed by atoms with Gasteiger partial charge in [-0.25, -0.2) is 9.78 Å². The summed E-state index contributed by atoms with van der Waals surface area (Å²) in [5.41, 5.74) is 1.36. The zero-order valence-corrected chi connectivity index (χ0v) is 16.3. The number of ether oxygens (including phenoxy) is 2. The first-order valence-corrected chi connectivity index (χ1v) is 9.08. The highest BCUT2D eigenvalue weighted by molar-refractivity contribution is 6.29. The van der Waals surface area contributed by atoms with Gasteiger partial charge < -0.3 is 14.8 Å². The van der Waals surface area contributed by atoms with Gasteiger partial charge in [0.2, 0.25) is 6.10 Å². The summed E-state index contributed by atoms with van der Waals surface area (Å²) in [6.45, 7) is 0.256. The molecule has 148 valence electrons. The van der Waals surface area contributed by atoms with E-state index in [0.29, 0.717) is 5.69 Å². The first-order valence-electron chi connectivity index (χ1n) is 8.71. The van der Waals surface area contributed by atoms with E-state index in [4.69, 9.17) is 21.1 Å². The number of carbonyl (C=O) groups is 2. The van der Waals surface area contributed by atoms with Crippen molar-refractivity contribution < 1.29 is 19.1 Å². The number of nitrogens with zero attached hydrogens (tertiary/aromatic N) is 2. The van der Waals surface area contributed by atoms with Gasteiger partial charge in [0.15, 0.2) is 0 Å². The average molecular weight is 412 g/mol. The molecule has 0 bridgehead atoms. The second kappa shape index (κ2) is 9.66. The molecule has 0 radical (unpaired) electrons. The third-order valence-electron chi connectivity index (χ3n) is 4.01. The van der Waals surface area contributed by atoms with Crippen molar-refractivity contribution in [3.05, 3.63) is 89.0 Å². The number of carbonyl (C=O) groups excluding carboxylic acids is 2. The van der Waals surface area contributed by atoms with E-state index in [1.165, 1.54) is 24.5 Å². The second-order valence-corrected chi connectivity index (χ2v) is 6.36. The molecule has 0 aliphatic heterocycles. The Kier molecular flexibility index (Phi) is 6.76. The highest BCUT2D eigenvalue weighted by Gasteiger charge is 2.26. The number of benzene rings is 1. The number of hydrogen-bond donors (Lipinski definition) is 1. The molecule has 1 amide bonds. The summed E-state index contributed by atoms with van der Waals surface area (Å²) in [7, 11) is 1.58. The van der Waals surface area contributed by atoms with Crippen LogP contribution in [0.4, 0.5) is 0 Å². The van der Waals surface area contributed by atoms with E-state index < -0.39 is 18.0 Å². The first-order chi connectivity index (χ1) is 14.1. The molecule has 0 spiro atoms. The Morgan fingerprint density at radius 3 is 2.48 bits per heavy atom. The number of nitrogens with one attached hydrogen (secondary N) is 1. The van der Waals surface area contributed by atoms with Gasteiger partial charge in [-0.3, -0.25) is 9.78 Å². The molecule has 1 atom stereocenters. The van der Waals surface area contributed by atoms with Crippen molar-refractivity contribution in [3.63, 3.8) is 0 Å².